The topological polar surface area (TPSA) is 20.3 Å². The molecule has 1 heterocycles. The third-order valence-corrected chi connectivity index (χ3v) is 4.57. The van der Waals surface area contributed by atoms with Gasteiger partial charge in [-0.3, -0.25) is 4.79 Å². The average Bonchev–Trinajstić information content (AvgIpc) is 2.43. The molecule has 96 valence electrons. The molecule has 0 bridgehead atoms. The number of carbonyl (C=O) groups excluding carboxylic acids is 1. The van der Waals surface area contributed by atoms with Crippen molar-refractivity contribution in [1.82, 2.24) is 0 Å². The van der Waals surface area contributed by atoms with E-state index in [0.29, 0.717) is 12.3 Å². The average molecular weight is 334 g/mol. The van der Waals surface area contributed by atoms with E-state index < -0.39 is 0 Å². The second-order valence-electron chi connectivity index (χ2n) is 4.37. The van der Waals surface area contributed by atoms with Crippen LogP contribution in [-0.4, -0.2) is 11.7 Å². The Balaban J connectivity index is 1.95. The van der Waals surface area contributed by atoms with Gasteiger partial charge in [0.15, 0.2) is 0 Å². The first-order valence-electron chi connectivity index (χ1n) is 6.01. The van der Waals surface area contributed by atoms with E-state index in [-0.39, 0.29) is 5.91 Å². The molecule has 2 nitrogen and oxygen atoms in total. The number of hydrogen-bond acceptors (Lipinski definition) is 2. The predicted molar refractivity (Wildman–Crippen MR) is 82.5 cm³/mol. The van der Waals surface area contributed by atoms with E-state index in [1.165, 1.54) is 0 Å². The van der Waals surface area contributed by atoms with Gasteiger partial charge in [0.2, 0.25) is 5.91 Å². The summed E-state index contributed by atoms with van der Waals surface area (Å²) in [5, 5.41) is 0. The van der Waals surface area contributed by atoms with E-state index in [4.69, 9.17) is 0 Å². The van der Waals surface area contributed by atoms with Crippen LogP contribution in [0.25, 0.3) is 0 Å². The highest BCUT2D eigenvalue weighted by molar-refractivity contribution is 9.10. The lowest BCUT2D eigenvalue weighted by Crippen LogP contribution is -2.34. The van der Waals surface area contributed by atoms with Gasteiger partial charge >= 0.3 is 0 Å². The Bertz CT molecular complexity index is 615. The quantitative estimate of drug-likeness (QED) is 0.825. The van der Waals surface area contributed by atoms with Gasteiger partial charge < -0.3 is 4.90 Å². The number of amides is 1. The van der Waals surface area contributed by atoms with E-state index in [9.17, 15) is 4.79 Å². The summed E-state index contributed by atoms with van der Waals surface area (Å²) >= 11 is 5.08. The molecule has 0 saturated carbocycles. The van der Waals surface area contributed by atoms with Gasteiger partial charge in [-0.1, -0.05) is 46.3 Å². The molecule has 4 heteroatoms. The molecule has 2 aromatic carbocycles. The van der Waals surface area contributed by atoms with Gasteiger partial charge in [0.05, 0.1) is 18.0 Å². The van der Waals surface area contributed by atoms with Crippen molar-refractivity contribution in [3.63, 3.8) is 0 Å². The number of thioether (sulfide) groups is 1. The molecule has 0 unspecified atom stereocenters. The Morgan fingerprint density at radius 2 is 1.95 bits per heavy atom. The lowest BCUT2D eigenvalue weighted by molar-refractivity contribution is -0.116. The molecule has 0 N–H and O–H groups in total. The van der Waals surface area contributed by atoms with Crippen molar-refractivity contribution < 1.29 is 4.79 Å². The lowest BCUT2D eigenvalue weighted by atomic mass is 10.2. The van der Waals surface area contributed by atoms with Crippen LogP contribution in [0.4, 0.5) is 5.69 Å². The number of nitrogens with zero attached hydrogens (tertiary/aromatic N) is 1. The molecule has 1 aliphatic heterocycles. The molecule has 2 aromatic rings. The summed E-state index contributed by atoms with van der Waals surface area (Å²) in [5.74, 6) is 0.680. The number of halogens is 1. The number of benzene rings is 2. The maximum Gasteiger partial charge on any atom is 0.237 e. The Morgan fingerprint density at radius 3 is 2.74 bits per heavy atom. The van der Waals surface area contributed by atoms with Gasteiger partial charge in [0.25, 0.3) is 0 Å². The number of rotatable bonds is 2. The Morgan fingerprint density at radius 1 is 1.16 bits per heavy atom. The molecule has 19 heavy (non-hydrogen) atoms. The molecule has 0 spiro atoms. The molecule has 0 fully saturated rings. The summed E-state index contributed by atoms with van der Waals surface area (Å²) < 4.78 is 1.05. The Labute approximate surface area is 124 Å². The predicted octanol–water partition coefficient (Wildman–Crippen LogP) is 4.09. The maximum atomic E-state index is 12.1. The van der Waals surface area contributed by atoms with Crippen molar-refractivity contribution in [2.45, 2.75) is 11.4 Å². The third kappa shape index (κ3) is 2.69. The number of fused-ring (bicyclic) bond motifs is 1. The van der Waals surface area contributed by atoms with Crippen molar-refractivity contribution in [3.8, 4) is 0 Å². The van der Waals surface area contributed by atoms with Crippen LogP contribution in [0.2, 0.25) is 0 Å². The second kappa shape index (κ2) is 5.39. The fourth-order valence-electron chi connectivity index (χ4n) is 2.12. The summed E-state index contributed by atoms with van der Waals surface area (Å²) in [7, 11) is 0. The van der Waals surface area contributed by atoms with Crippen LogP contribution >= 0.6 is 27.7 Å². The van der Waals surface area contributed by atoms with E-state index in [0.717, 1.165) is 20.6 Å². The molecule has 0 saturated heterocycles. The normalized spacial score (nSPS) is 14.4. The van der Waals surface area contributed by atoms with Crippen LogP contribution < -0.4 is 4.90 Å². The number of hydrogen-bond donors (Lipinski definition) is 0. The maximum absolute atomic E-state index is 12.1. The van der Waals surface area contributed by atoms with Gasteiger partial charge in [-0.25, -0.2) is 0 Å². The molecule has 3 rings (SSSR count). The summed E-state index contributed by atoms with van der Waals surface area (Å²) in [6.45, 7) is 0.634. The van der Waals surface area contributed by atoms with E-state index >= 15 is 0 Å². The number of carbonyl (C=O) groups is 1. The van der Waals surface area contributed by atoms with Crippen LogP contribution in [0.3, 0.4) is 0 Å². The monoisotopic (exact) mass is 333 g/mol. The van der Waals surface area contributed by atoms with Gasteiger partial charge in [-0.05, 0) is 23.8 Å². The molecular formula is C15H12BrNOS. The Kier molecular flexibility index (Phi) is 3.62. The van der Waals surface area contributed by atoms with Crippen LogP contribution in [0.15, 0.2) is 57.9 Å². The summed E-state index contributed by atoms with van der Waals surface area (Å²) in [5.41, 5.74) is 2.16. The molecule has 1 amide bonds. The van der Waals surface area contributed by atoms with Crippen LogP contribution in [-0.2, 0) is 11.3 Å². The third-order valence-electron chi connectivity index (χ3n) is 3.05. The van der Waals surface area contributed by atoms with Crippen molar-refractivity contribution >= 4 is 39.3 Å². The Hall–Kier alpha value is -1.26. The summed E-state index contributed by atoms with van der Waals surface area (Å²) in [6.07, 6.45) is 0. The molecule has 0 radical (unpaired) electrons. The zero-order chi connectivity index (χ0) is 13.2. The van der Waals surface area contributed by atoms with Crippen LogP contribution in [0.1, 0.15) is 5.56 Å². The number of anilines is 1. The van der Waals surface area contributed by atoms with Crippen molar-refractivity contribution in [2.75, 3.05) is 10.7 Å². The first kappa shape index (κ1) is 12.8. The second-order valence-corrected chi connectivity index (χ2v) is 6.30. The molecule has 1 aliphatic rings. The van der Waals surface area contributed by atoms with E-state index in [1.807, 2.05) is 47.4 Å². The molecule has 0 atom stereocenters. The molecule has 0 aliphatic carbocycles. The smallest absolute Gasteiger partial charge is 0.237 e. The first-order valence-corrected chi connectivity index (χ1v) is 7.78. The zero-order valence-electron chi connectivity index (χ0n) is 10.2. The molecular weight excluding hydrogens is 322 g/mol. The fraction of sp³-hybridized carbons (Fsp3) is 0.133. The van der Waals surface area contributed by atoms with E-state index in [2.05, 4.69) is 22.0 Å². The van der Waals surface area contributed by atoms with E-state index in [1.54, 1.807) is 11.8 Å². The zero-order valence-corrected chi connectivity index (χ0v) is 12.6. The van der Waals surface area contributed by atoms with Gasteiger partial charge in [0.1, 0.15) is 0 Å². The first-order chi connectivity index (χ1) is 9.24. The minimum Gasteiger partial charge on any atom is -0.306 e. The largest absolute Gasteiger partial charge is 0.306 e. The van der Waals surface area contributed by atoms with Crippen molar-refractivity contribution in [1.29, 1.82) is 0 Å². The standard InChI is InChI=1S/C15H12BrNOS/c16-12-6-7-13-14(8-12)19-10-15(18)17(13)9-11-4-2-1-3-5-11/h1-8H,9-10H2. The van der Waals surface area contributed by atoms with Crippen LogP contribution in [0, 0.1) is 0 Å². The van der Waals surface area contributed by atoms with Crippen molar-refractivity contribution in [2.24, 2.45) is 0 Å². The molecule has 0 aromatic heterocycles. The minimum absolute atomic E-state index is 0.170. The highest BCUT2D eigenvalue weighted by Crippen LogP contribution is 2.37. The van der Waals surface area contributed by atoms with Gasteiger partial charge in [0, 0.05) is 9.37 Å². The summed E-state index contributed by atoms with van der Waals surface area (Å²) in [6, 6.07) is 16.2. The highest BCUT2D eigenvalue weighted by atomic mass is 79.9. The minimum atomic E-state index is 0.170. The highest BCUT2D eigenvalue weighted by Gasteiger charge is 2.24. The van der Waals surface area contributed by atoms with Gasteiger partial charge in [-0.2, -0.15) is 0 Å². The van der Waals surface area contributed by atoms with Crippen LogP contribution in [0.5, 0.6) is 0 Å². The fourth-order valence-corrected chi connectivity index (χ4v) is 3.60. The SMILES string of the molecule is O=C1CSc2cc(Br)ccc2N1Cc1ccccc1. The van der Waals surface area contributed by atoms with Crippen molar-refractivity contribution in [3.05, 3.63) is 58.6 Å². The van der Waals surface area contributed by atoms with Gasteiger partial charge in [-0.15, -0.1) is 11.8 Å². The lowest BCUT2D eigenvalue weighted by Gasteiger charge is -2.29. The summed E-state index contributed by atoms with van der Waals surface area (Å²) in [4.78, 5) is 15.2.